The van der Waals surface area contributed by atoms with Crippen molar-refractivity contribution < 1.29 is 13.2 Å². The topological polar surface area (TPSA) is 113 Å². The van der Waals surface area contributed by atoms with Crippen molar-refractivity contribution in [3.8, 4) is 0 Å². The largest absolute Gasteiger partial charge is 0.355 e. The first-order valence-corrected chi connectivity index (χ1v) is 7.85. The number of amides is 1. The molecule has 0 aromatic heterocycles. The highest BCUT2D eigenvalue weighted by Gasteiger charge is 2.29. The first kappa shape index (κ1) is 14.8. The molecule has 8 heteroatoms. The van der Waals surface area contributed by atoms with Crippen molar-refractivity contribution in [1.29, 1.82) is 0 Å². The molecule has 0 radical (unpaired) electrons. The molecule has 1 saturated carbocycles. The molecule has 1 aliphatic carbocycles. The highest BCUT2D eigenvalue weighted by Crippen LogP contribution is 2.28. The first-order chi connectivity index (χ1) is 9.53. The summed E-state index contributed by atoms with van der Waals surface area (Å²) in [5, 5.41) is 2.69. The van der Waals surface area contributed by atoms with E-state index < -0.39 is 10.0 Å². The number of carbonyl (C=O) groups excluding carboxylic acids is 1. The van der Waals surface area contributed by atoms with Gasteiger partial charge in [-0.15, -0.1) is 0 Å². The second kappa shape index (κ2) is 6.21. The number of benzene rings is 1. The third-order valence-electron chi connectivity index (χ3n) is 3.00. The molecule has 0 bridgehead atoms. The predicted octanol–water partition coefficient (Wildman–Crippen LogP) is -0.223. The minimum Gasteiger partial charge on any atom is -0.355 e. The molecule has 0 unspecified atom stereocenters. The van der Waals surface area contributed by atoms with Gasteiger partial charge in [0.15, 0.2) is 0 Å². The van der Waals surface area contributed by atoms with Crippen LogP contribution in [0.5, 0.6) is 0 Å². The molecular weight excluding hydrogens is 280 g/mol. The minimum atomic E-state index is -3.56. The Kier molecular flexibility index (Phi) is 4.58. The number of rotatable bonds is 7. The summed E-state index contributed by atoms with van der Waals surface area (Å²) in [5.74, 6) is 5.34. The Morgan fingerprint density at radius 3 is 2.40 bits per heavy atom. The van der Waals surface area contributed by atoms with Crippen molar-refractivity contribution in [1.82, 2.24) is 10.0 Å². The number of anilines is 1. The average molecular weight is 298 g/mol. The molecule has 1 aromatic carbocycles. The Balaban J connectivity index is 1.81. The van der Waals surface area contributed by atoms with Crippen LogP contribution in [0.3, 0.4) is 0 Å². The molecule has 5 N–H and O–H groups in total. The van der Waals surface area contributed by atoms with Crippen LogP contribution in [-0.4, -0.2) is 27.4 Å². The second-order valence-corrected chi connectivity index (χ2v) is 6.40. The van der Waals surface area contributed by atoms with E-state index in [1.54, 1.807) is 12.1 Å². The number of nitrogens with two attached hydrogens (primary N) is 1. The summed E-state index contributed by atoms with van der Waals surface area (Å²) in [6, 6.07) is 6.06. The van der Waals surface area contributed by atoms with Crippen molar-refractivity contribution in [2.45, 2.75) is 17.7 Å². The van der Waals surface area contributed by atoms with Gasteiger partial charge in [0.25, 0.3) is 0 Å². The smallest absolute Gasteiger partial charge is 0.240 e. The standard InChI is InChI=1S/C12H18N4O3S/c13-16-10-3-5-11(6-4-10)20(18,19)15-8-7-14-12(17)9-1-2-9/h3-6,9,15-16H,1-2,7-8,13H2,(H,14,17). The van der Waals surface area contributed by atoms with Crippen molar-refractivity contribution in [3.05, 3.63) is 24.3 Å². The van der Waals surface area contributed by atoms with E-state index in [1.165, 1.54) is 12.1 Å². The van der Waals surface area contributed by atoms with Crippen molar-refractivity contribution in [3.63, 3.8) is 0 Å². The summed E-state index contributed by atoms with van der Waals surface area (Å²) in [7, 11) is -3.56. The maximum Gasteiger partial charge on any atom is 0.240 e. The number of nitrogens with one attached hydrogen (secondary N) is 3. The van der Waals surface area contributed by atoms with Gasteiger partial charge in [-0.1, -0.05) is 0 Å². The van der Waals surface area contributed by atoms with Crippen LogP contribution in [0, 0.1) is 5.92 Å². The Labute approximate surface area is 117 Å². The summed E-state index contributed by atoms with van der Waals surface area (Å²) in [6.45, 7) is 0.453. The van der Waals surface area contributed by atoms with E-state index in [4.69, 9.17) is 5.84 Å². The molecule has 0 atom stereocenters. The van der Waals surface area contributed by atoms with Crippen molar-refractivity contribution in [2.75, 3.05) is 18.5 Å². The normalized spacial score (nSPS) is 14.8. The second-order valence-electron chi connectivity index (χ2n) is 4.63. The molecule has 1 aliphatic rings. The van der Waals surface area contributed by atoms with Crippen LogP contribution in [0.2, 0.25) is 0 Å². The van der Waals surface area contributed by atoms with Gasteiger partial charge in [-0.25, -0.2) is 13.1 Å². The third kappa shape index (κ3) is 3.92. The zero-order chi connectivity index (χ0) is 14.6. The molecule has 110 valence electrons. The molecule has 20 heavy (non-hydrogen) atoms. The summed E-state index contributed by atoms with van der Waals surface area (Å²) in [6.07, 6.45) is 1.86. The fourth-order valence-corrected chi connectivity index (χ4v) is 2.71. The van der Waals surface area contributed by atoms with E-state index in [0.29, 0.717) is 5.69 Å². The van der Waals surface area contributed by atoms with Crippen LogP contribution in [0.4, 0.5) is 5.69 Å². The van der Waals surface area contributed by atoms with E-state index in [2.05, 4.69) is 15.5 Å². The Bertz CT molecular complexity index is 567. The number of carbonyl (C=O) groups is 1. The van der Waals surface area contributed by atoms with Gasteiger partial charge in [0.1, 0.15) is 0 Å². The van der Waals surface area contributed by atoms with Gasteiger partial charge in [-0.05, 0) is 37.1 Å². The third-order valence-corrected chi connectivity index (χ3v) is 4.47. The molecule has 0 aliphatic heterocycles. The lowest BCUT2D eigenvalue weighted by Gasteiger charge is -2.08. The molecular formula is C12H18N4O3S. The summed E-state index contributed by atoms with van der Waals surface area (Å²) in [5.41, 5.74) is 3.05. The monoisotopic (exact) mass is 298 g/mol. The molecule has 7 nitrogen and oxygen atoms in total. The molecule has 0 saturated heterocycles. The fraction of sp³-hybridized carbons (Fsp3) is 0.417. The lowest BCUT2D eigenvalue weighted by Crippen LogP contribution is -2.35. The lowest BCUT2D eigenvalue weighted by molar-refractivity contribution is -0.122. The first-order valence-electron chi connectivity index (χ1n) is 6.37. The highest BCUT2D eigenvalue weighted by molar-refractivity contribution is 7.89. The van der Waals surface area contributed by atoms with E-state index >= 15 is 0 Å². The van der Waals surface area contributed by atoms with Crippen molar-refractivity contribution >= 4 is 21.6 Å². The van der Waals surface area contributed by atoms with E-state index in [-0.39, 0.29) is 29.8 Å². The van der Waals surface area contributed by atoms with Crippen LogP contribution < -0.4 is 21.3 Å². The summed E-state index contributed by atoms with van der Waals surface area (Å²) >= 11 is 0. The van der Waals surface area contributed by atoms with Gasteiger partial charge in [0.05, 0.1) is 4.90 Å². The Morgan fingerprint density at radius 2 is 1.85 bits per heavy atom. The van der Waals surface area contributed by atoms with Gasteiger partial charge in [-0.3, -0.25) is 10.6 Å². The van der Waals surface area contributed by atoms with Gasteiger partial charge >= 0.3 is 0 Å². The molecule has 1 amide bonds. The SMILES string of the molecule is NNc1ccc(S(=O)(=O)NCCNC(=O)C2CC2)cc1. The van der Waals surface area contributed by atoms with Gasteiger partial charge in [-0.2, -0.15) is 0 Å². The number of hydrogen-bond donors (Lipinski definition) is 4. The maximum absolute atomic E-state index is 11.9. The maximum atomic E-state index is 11.9. The van der Waals surface area contributed by atoms with E-state index in [0.717, 1.165) is 12.8 Å². The number of sulfonamides is 1. The van der Waals surface area contributed by atoms with E-state index in [9.17, 15) is 13.2 Å². The lowest BCUT2D eigenvalue weighted by atomic mass is 10.3. The summed E-state index contributed by atoms with van der Waals surface area (Å²) < 4.78 is 26.3. The van der Waals surface area contributed by atoms with Crippen LogP contribution >= 0.6 is 0 Å². The molecule has 0 spiro atoms. The molecule has 0 heterocycles. The number of hydrazine groups is 1. The van der Waals surface area contributed by atoms with Gasteiger partial charge in [0.2, 0.25) is 15.9 Å². The zero-order valence-corrected chi connectivity index (χ0v) is 11.7. The van der Waals surface area contributed by atoms with Gasteiger partial charge < -0.3 is 10.7 Å². The molecule has 1 aromatic rings. The van der Waals surface area contributed by atoms with E-state index in [1.807, 2.05) is 0 Å². The number of nitrogen functional groups attached to an aromatic ring is 1. The molecule has 2 rings (SSSR count). The van der Waals surface area contributed by atoms with Crippen LogP contribution in [0.1, 0.15) is 12.8 Å². The van der Waals surface area contributed by atoms with Crippen molar-refractivity contribution in [2.24, 2.45) is 11.8 Å². The summed E-state index contributed by atoms with van der Waals surface area (Å²) in [4.78, 5) is 11.5. The van der Waals surface area contributed by atoms with Crippen LogP contribution in [-0.2, 0) is 14.8 Å². The predicted molar refractivity (Wildman–Crippen MR) is 75.2 cm³/mol. The average Bonchev–Trinajstić information content (AvgIpc) is 3.28. The van der Waals surface area contributed by atoms with Gasteiger partial charge in [0, 0.05) is 24.7 Å². The quantitative estimate of drug-likeness (QED) is 0.316. The van der Waals surface area contributed by atoms with Crippen LogP contribution in [0.15, 0.2) is 29.2 Å². The van der Waals surface area contributed by atoms with Crippen LogP contribution in [0.25, 0.3) is 0 Å². The molecule has 1 fully saturated rings. The Hall–Kier alpha value is -1.64. The number of hydrogen-bond acceptors (Lipinski definition) is 5. The Morgan fingerprint density at radius 1 is 1.20 bits per heavy atom. The highest BCUT2D eigenvalue weighted by atomic mass is 32.2. The fourth-order valence-electron chi connectivity index (χ4n) is 1.67. The zero-order valence-electron chi connectivity index (χ0n) is 10.9. The minimum absolute atomic E-state index is 0.00238.